The summed E-state index contributed by atoms with van der Waals surface area (Å²) >= 11 is 0. The van der Waals surface area contributed by atoms with Crippen LogP contribution in [0.5, 0.6) is 0 Å². The fourth-order valence-electron chi connectivity index (χ4n) is 3.32. The highest BCUT2D eigenvalue weighted by molar-refractivity contribution is 5.81. The quantitative estimate of drug-likeness (QED) is 0.903. The molecule has 1 saturated heterocycles. The van der Waals surface area contributed by atoms with Gasteiger partial charge in [-0.25, -0.2) is 0 Å². The van der Waals surface area contributed by atoms with E-state index in [1.165, 1.54) is 0 Å². The van der Waals surface area contributed by atoms with Gasteiger partial charge in [-0.15, -0.1) is 0 Å². The Hall–Kier alpha value is -2.18. The summed E-state index contributed by atoms with van der Waals surface area (Å²) in [5.74, 6) is 0.592. The van der Waals surface area contributed by atoms with Crippen LogP contribution < -0.4 is 5.73 Å². The molecule has 3 rings (SSSR count). The molecule has 0 aliphatic carbocycles. The van der Waals surface area contributed by atoms with Crippen molar-refractivity contribution in [2.24, 2.45) is 5.73 Å². The normalized spacial score (nSPS) is 17.8. The summed E-state index contributed by atoms with van der Waals surface area (Å²) in [5.41, 5.74) is 8.75. The Morgan fingerprint density at radius 3 is 2.42 bits per heavy atom. The van der Waals surface area contributed by atoms with Crippen LogP contribution in [0.2, 0.25) is 0 Å². The van der Waals surface area contributed by atoms with E-state index >= 15 is 0 Å². The van der Waals surface area contributed by atoms with Gasteiger partial charge in [0.25, 0.3) is 0 Å². The van der Waals surface area contributed by atoms with Crippen molar-refractivity contribution in [3.05, 3.63) is 52.9 Å². The number of piperazine rings is 1. The predicted molar refractivity (Wildman–Crippen MR) is 91.2 cm³/mol. The molecule has 0 radical (unpaired) electrons. The van der Waals surface area contributed by atoms with Crippen LogP contribution in [0.1, 0.15) is 28.6 Å². The molecule has 0 spiro atoms. The zero-order chi connectivity index (χ0) is 17.1. The molecule has 1 atom stereocenters. The van der Waals surface area contributed by atoms with E-state index in [1.54, 1.807) is 0 Å². The molecule has 24 heavy (non-hydrogen) atoms. The zero-order valence-electron chi connectivity index (χ0n) is 14.2. The smallest absolute Gasteiger partial charge is 0.239 e. The van der Waals surface area contributed by atoms with E-state index in [4.69, 9.17) is 10.3 Å². The Balaban J connectivity index is 1.64. The van der Waals surface area contributed by atoms with Gasteiger partial charge in [-0.05, 0) is 19.4 Å². The third kappa shape index (κ3) is 3.49. The van der Waals surface area contributed by atoms with E-state index in [2.05, 4.69) is 15.0 Å². The largest absolute Gasteiger partial charge is 0.368 e. The molecule has 1 aromatic heterocycles. The van der Waals surface area contributed by atoms with Gasteiger partial charge in [0.15, 0.2) is 0 Å². The van der Waals surface area contributed by atoms with Gasteiger partial charge in [0.05, 0.1) is 5.69 Å². The average molecular weight is 328 g/mol. The maximum Gasteiger partial charge on any atom is 0.239 e. The van der Waals surface area contributed by atoms with E-state index in [-0.39, 0.29) is 11.9 Å². The van der Waals surface area contributed by atoms with Gasteiger partial charge in [0.2, 0.25) is 5.91 Å². The Morgan fingerprint density at radius 2 is 1.88 bits per heavy atom. The van der Waals surface area contributed by atoms with Crippen LogP contribution in [0, 0.1) is 13.8 Å². The number of carbonyl (C=O) groups excluding carboxylic acids is 1. The molecule has 6 nitrogen and oxygen atoms in total. The Bertz CT molecular complexity index is 671. The first-order valence-corrected chi connectivity index (χ1v) is 8.28. The Morgan fingerprint density at radius 1 is 1.21 bits per heavy atom. The van der Waals surface area contributed by atoms with Gasteiger partial charge < -0.3 is 10.3 Å². The van der Waals surface area contributed by atoms with E-state index in [0.29, 0.717) is 0 Å². The van der Waals surface area contributed by atoms with Crippen LogP contribution in [0.4, 0.5) is 0 Å². The highest BCUT2D eigenvalue weighted by Crippen LogP contribution is 2.23. The highest BCUT2D eigenvalue weighted by atomic mass is 16.5. The summed E-state index contributed by atoms with van der Waals surface area (Å²) < 4.78 is 5.24. The average Bonchev–Trinajstić information content (AvgIpc) is 2.89. The fraction of sp³-hybridized carbons (Fsp3) is 0.444. The monoisotopic (exact) mass is 328 g/mol. The minimum atomic E-state index is -0.354. The number of nitrogens with two attached hydrogens (primary N) is 1. The van der Waals surface area contributed by atoms with Gasteiger partial charge in [0.1, 0.15) is 11.8 Å². The fourth-order valence-corrected chi connectivity index (χ4v) is 3.32. The molecule has 2 heterocycles. The molecule has 1 aliphatic rings. The van der Waals surface area contributed by atoms with Gasteiger partial charge in [-0.2, -0.15) is 0 Å². The molecular formula is C18H24N4O2. The number of nitrogens with zero attached hydrogens (tertiary/aromatic N) is 3. The highest BCUT2D eigenvalue weighted by Gasteiger charge is 2.29. The predicted octanol–water partition coefficient (Wildman–Crippen LogP) is 1.64. The van der Waals surface area contributed by atoms with Crippen molar-refractivity contribution >= 4 is 5.91 Å². The molecule has 2 aromatic rings. The zero-order valence-corrected chi connectivity index (χ0v) is 14.2. The first-order chi connectivity index (χ1) is 11.6. The van der Waals surface area contributed by atoms with E-state index in [0.717, 1.165) is 55.3 Å². The number of benzene rings is 1. The minimum absolute atomic E-state index is 0.291. The second-order valence-corrected chi connectivity index (χ2v) is 6.33. The lowest BCUT2D eigenvalue weighted by atomic mass is 10.0. The van der Waals surface area contributed by atoms with Crippen molar-refractivity contribution in [2.75, 3.05) is 26.2 Å². The van der Waals surface area contributed by atoms with Gasteiger partial charge in [0, 0.05) is 38.3 Å². The van der Waals surface area contributed by atoms with E-state index in [9.17, 15) is 4.79 Å². The molecule has 2 N–H and O–H groups in total. The minimum Gasteiger partial charge on any atom is -0.368 e. The summed E-state index contributed by atoms with van der Waals surface area (Å²) in [6.07, 6.45) is 0. The molecule has 0 saturated carbocycles. The number of aromatic nitrogens is 1. The number of hydrogen-bond acceptors (Lipinski definition) is 5. The SMILES string of the molecule is Cc1noc(C)c1CN1CCN([C@H](C(N)=O)c2ccccc2)CC1. The van der Waals surface area contributed by atoms with Crippen molar-refractivity contribution in [3.8, 4) is 0 Å². The summed E-state index contributed by atoms with van der Waals surface area (Å²) in [7, 11) is 0. The van der Waals surface area contributed by atoms with Crippen LogP contribution in [0.3, 0.4) is 0 Å². The van der Waals surface area contributed by atoms with Crippen molar-refractivity contribution in [1.29, 1.82) is 0 Å². The second-order valence-electron chi connectivity index (χ2n) is 6.33. The van der Waals surface area contributed by atoms with Crippen LogP contribution in [-0.4, -0.2) is 47.0 Å². The van der Waals surface area contributed by atoms with Gasteiger partial charge >= 0.3 is 0 Å². The number of primary amides is 1. The molecular weight excluding hydrogens is 304 g/mol. The molecule has 1 amide bonds. The van der Waals surface area contributed by atoms with Gasteiger partial charge in [-0.3, -0.25) is 14.6 Å². The topological polar surface area (TPSA) is 75.6 Å². The number of aryl methyl sites for hydroxylation is 2. The van der Waals surface area contributed by atoms with Crippen LogP contribution in [0.15, 0.2) is 34.9 Å². The van der Waals surface area contributed by atoms with Crippen molar-refractivity contribution < 1.29 is 9.32 Å². The lowest BCUT2D eigenvalue weighted by Gasteiger charge is -2.38. The number of amides is 1. The molecule has 1 aromatic carbocycles. The van der Waals surface area contributed by atoms with Crippen molar-refractivity contribution in [2.45, 2.75) is 26.4 Å². The summed E-state index contributed by atoms with van der Waals surface area (Å²) in [4.78, 5) is 16.5. The molecule has 0 bridgehead atoms. The maximum atomic E-state index is 12.0. The van der Waals surface area contributed by atoms with E-state index < -0.39 is 0 Å². The maximum absolute atomic E-state index is 12.0. The third-order valence-corrected chi connectivity index (χ3v) is 4.72. The number of rotatable bonds is 5. The molecule has 6 heteroatoms. The van der Waals surface area contributed by atoms with Crippen molar-refractivity contribution in [3.63, 3.8) is 0 Å². The Kier molecular flexibility index (Phi) is 4.97. The summed E-state index contributed by atoms with van der Waals surface area (Å²) in [6.45, 7) is 8.16. The Labute approximate surface area is 142 Å². The standard InChI is InChI=1S/C18H24N4O2/c1-13-16(14(2)24-20-13)12-21-8-10-22(11-9-21)17(18(19)23)15-6-4-3-5-7-15/h3-7,17H,8-12H2,1-2H3,(H2,19,23)/t17-/m0/s1. The van der Waals surface area contributed by atoms with Crippen LogP contribution >= 0.6 is 0 Å². The summed E-state index contributed by atoms with van der Waals surface area (Å²) in [6, 6.07) is 9.41. The van der Waals surface area contributed by atoms with Crippen LogP contribution in [0.25, 0.3) is 0 Å². The third-order valence-electron chi connectivity index (χ3n) is 4.72. The van der Waals surface area contributed by atoms with Crippen molar-refractivity contribution in [1.82, 2.24) is 15.0 Å². The van der Waals surface area contributed by atoms with Crippen LogP contribution in [-0.2, 0) is 11.3 Å². The lowest BCUT2D eigenvalue weighted by molar-refractivity contribution is -0.124. The number of hydrogen-bond donors (Lipinski definition) is 1. The molecule has 1 aliphatic heterocycles. The summed E-state index contributed by atoms with van der Waals surface area (Å²) in [5, 5.41) is 4.01. The second kappa shape index (κ2) is 7.15. The first-order valence-electron chi connectivity index (χ1n) is 8.28. The molecule has 128 valence electrons. The first kappa shape index (κ1) is 16.7. The molecule has 1 fully saturated rings. The molecule has 0 unspecified atom stereocenters. The lowest BCUT2D eigenvalue weighted by Crippen LogP contribution is -2.50. The van der Waals surface area contributed by atoms with E-state index in [1.807, 2.05) is 44.2 Å². The number of carbonyl (C=O) groups is 1. The van der Waals surface area contributed by atoms with Gasteiger partial charge in [-0.1, -0.05) is 35.5 Å².